The SMILES string of the molecule is O=C1CCCCN1Br. The molecular formula is C5H8BrNO. The third kappa shape index (κ3) is 1.22. The Morgan fingerprint density at radius 1 is 1.50 bits per heavy atom. The topological polar surface area (TPSA) is 20.3 Å². The Morgan fingerprint density at radius 3 is 2.62 bits per heavy atom. The fraction of sp³-hybridized carbons (Fsp3) is 0.800. The van der Waals surface area contributed by atoms with E-state index in [-0.39, 0.29) is 5.91 Å². The minimum absolute atomic E-state index is 0.219. The summed E-state index contributed by atoms with van der Waals surface area (Å²) in [5, 5.41) is 0. The lowest BCUT2D eigenvalue weighted by molar-refractivity contribution is -0.127. The molecule has 1 aliphatic rings. The maximum absolute atomic E-state index is 10.7. The molecule has 0 aromatic heterocycles. The molecule has 1 fully saturated rings. The van der Waals surface area contributed by atoms with Crippen LogP contribution in [-0.2, 0) is 4.79 Å². The Hall–Kier alpha value is -0.0500. The van der Waals surface area contributed by atoms with Gasteiger partial charge in [0.2, 0.25) is 5.91 Å². The van der Waals surface area contributed by atoms with Crippen molar-refractivity contribution >= 4 is 22.1 Å². The average molecular weight is 178 g/mol. The summed E-state index contributed by atoms with van der Waals surface area (Å²) >= 11 is 3.14. The van der Waals surface area contributed by atoms with Gasteiger partial charge in [-0.15, -0.1) is 0 Å². The summed E-state index contributed by atoms with van der Waals surface area (Å²) < 4.78 is 1.61. The van der Waals surface area contributed by atoms with E-state index in [1.165, 1.54) is 0 Å². The number of piperidine rings is 1. The van der Waals surface area contributed by atoms with Crippen molar-refractivity contribution in [1.82, 2.24) is 3.93 Å². The Bertz CT molecular complexity index is 105. The fourth-order valence-corrected chi connectivity index (χ4v) is 1.20. The van der Waals surface area contributed by atoms with Crippen LogP contribution in [0.5, 0.6) is 0 Å². The van der Waals surface area contributed by atoms with E-state index in [1.807, 2.05) is 0 Å². The van der Waals surface area contributed by atoms with Gasteiger partial charge < -0.3 is 0 Å². The molecule has 1 aliphatic heterocycles. The molecule has 1 amide bonds. The quantitative estimate of drug-likeness (QED) is 0.512. The summed E-state index contributed by atoms with van der Waals surface area (Å²) in [6.07, 6.45) is 2.91. The Kier molecular flexibility index (Phi) is 1.89. The second-order valence-corrected chi connectivity index (χ2v) is 2.79. The molecule has 46 valence electrons. The van der Waals surface area contributed by atoms with E-state index in [2.05, 4.69) is 16.1 Å². The molecule has 0 saturated carbocycles. The molecule has 0 aromatic rings. The number of hydrogen-bond acceptors (Lipinski definition) is 1. The maximum atomic E-state index is 10.7. The van der Waals surface area contributed by atoms with Crippen molar-refractivity contribution in [2.45, 2.75) is 19.3 Å². The highest BCUT2D eigenvalue weighted by Crippen LogP contribution is 2.12. The first-order valence-corrected chi connectivity index (χ1v) is 3.48. The van der Waals surface area contributed by atoms with Gasteiger partial charge >= 0.3 is 0 Å². The van der Waals surface area contributed by atoms with Crippen molar-refractivity contribution in [3.05, 3.63) is 0 Å². The van der Waals surface area contributed by atoms with Crippen LogP contribution in [0.1, 0.15) is 19.3 Å². The second kappa shape index (κ2) is 2.49. The van der Waals surface area contributed by atoms with Crippen LogP contribution in [0.25, 0.3) is 0 Å². The molecule has 0 unspecified atom stereocenters. The van der Waals surface area contributed by atoms with Crippen molar-refractivity contribution in [3.8, 4) is 0 Å². The molecule has 1 saturated heterocycles. The van der Waals surface area contributed by atoms with Crippen LogP contribution < -0.4 is 0 Å². The molecule has 3 heteroatoms. The molecule has 0 atom stereocenters. The van der Waals surface area contributed by atoms with Crippen molar-refractivity contribution in [2.24, 2.45) is 0 Å². The summed E-state index contributed by atoms with van der Waals surface area (Å²) in [7, 11) is 0. The van der Waals surface area contributed by atoms with Crippen molar-refractivity contribution in [1.29, 1.82) is 0 Å². The normalized spacial score (nSPS) is 21.6. The lowest BCUT2D eigenvalue weighted by Gasteiger charge is -2.18. The zero-order chi connectivity index (χ0) is 5.98. The van der Waals surface area contributed by atoms with Crippen molar-refractivity contribution in [2.75, 3.05) is 6.54 Å². The van der Waals surface area contributed by atoms with E-state index < -0.39 is 0 Å². The third-order valence-electron chi connectivity index (χ3n) is 1.27. The van der Waals surface area contributed by atoms with Crippen LogP contribution in [0, 0.1) is 0 Å². The number of nitrogens with zero attached hydrogens (tertiary/aromatic N) is 1. The number of halogens is 1. The number of carbonyl (C=O) groups excluding carboxylic acids is 1. The average Bonchev–Trinajstić information content (AvgIpc) is 1.77. The van der Waals surface area contributed by atoms with Gasteiger partial charge in [-0.25, -0.2) is 0 Å². The number of rotatable bonds is 0. The molecule has 0 spiro atoms. The summed E-state index contributed by atoms with van der Waals surface area (Å²) in [6.45, 7) is 0.874. The number of amides is 1. The zero-order valence-electron chi connectivity index (χ0n) is 4.56. The molecule has 0 aliphatic carbocycles. The predicted octanol–water partition coefficient (Wildman–Crippen LogP) is 1.31. The Labute approximate surface area is 57.2 Å². The summed E-state index contributed by atoms with van der Waals surface area (Å²) in [5.74, 6) is 0.219. The van der Waals surface area contributed by atoms with Gasteiger partial charge in [0.05, 0.1) is 16.1 Å². The van der Waals surface area contributed by atoms with Gasteiger partial charge in [-0.05, 0) is 12.8 Å². The highest BCUT2D eigenvalue weighted by Gasteiger charge is 2.13. The van der Waals surface area contributed by atoms with Crippen molar-refractivity contribution in [3.63, 3.8) is 0 Å². The predicted molar refractivity (Wildman–Crippen MR) is 34.5 cm³/mol. The van der Waals surface area contributed by atoms with Crippen LogP contribution in [0.2, 0.25) is 0 Å². The largest absolute Gasteiger partial charge is 0.279 e. The first kappa shape index (κ1) is 6.08. The van der Waals surface area contributed by atoms with Gasteiger partial charge in [-0.1, -0.05) is 0 Å². The number of carbonyl (C=O) groups is 1. The minimum atomic E-state index is 0.219. The fourth-order valence-electron chi connectivity index (χ4n) is 0.773. The molecule has 1 heterocycles. The number of hydrogen-bond donors (Lipinski definition) is 0. The molecule has 0 radical (unpaired) electrons. The Balaban J connectivity index is 2.39. The summed E-state index contributed by atoms with van der Waals surface area (Å²) in [6, 6.07) is 0. The first-order chi connectivity index (χ1) is 3.80. The van der Waals surface area contributed by atoms with Gasteiger partial charge in [-0.3, -0.25) is 8.72 Å². The standard InChI is InChI=1S/C5H8BrNO/c6-7-4-2-1-3-5(7)8/h1-4H2. The molecular weight excluding hydrogens is 170 g/mol. The third-order valence-corrected chi connectivity index (χ3v) is 2.02. The highest BCUT2D eigenvalue weighted by atomic mass is 79.9. The molecule has 0 bridgehead atoms. The Morgan fingerprint density at radius 2 is 2.25 bits per heavy atom. The van der Waals surface area contributed by atoms with Gasteiger partial charge in [0.15, 0.2) is 0 Å². The summed E-state index contributed by atoms with van der Waals surface area (Å²) in [4.78, 5) is 10.7. The lowest BCUT2D eigenvalue weighted by atomic mass is 10.2. The second-order valence-electron chi connectivity index (χ2n) is 1.94. The maximum Gasteiger partial charge on any atom is 0.232 e. The van der Waals surface area contributed by atoms with Crippen LogP contribution in [0.15, 0.2) is 0 Å². The van der Waals surface area contributed by atoms with Gasteiger partial charge in [0, 0.05) is 13.0 Å². The van der Waals surface area contributed by atoms with Crippen LogP contribution >= 0.6 is 16.1 Å². The molecule has 0 N–H and O–H groups in total. The van der Waals surface area contributed by atoms with Gasteiger partial charge in [-0.2, -0.15) is 0 Å². The van der Waals surface area contributed by atoms with Crippen LogP contribution in [0.3, 0.4) is 0 Å². The van der Waals surface area contributed by atoms with Gasteiger partial charge in [0.1, 0.15) is 0 Å². The van der Waals surface area contributed by atoms with Gasteiger partial charge in [0.25, 0.3) is 0 Å². The van der Waals surface area contributed by atoms with E-state index in [1.54, 1.807) is 3.93 Å². The van der Waals surface area contributed by atoms with Crippen LogP contribution in [0.4, 0.5) is 0 Å². The molecule has 0 aromatic carbocycles. The first-order valence-electron chi connectivity index (χ1n) is 2.77. The lowest BCUT2D eigenvalue weighted by Crippen LogP contribution is -2.25. The monoisotopic (exact) mass is 177 g/mol. The van der Waals surface area contributed by atoms with E-state index >= 15 is 0 Å². The van der Waals surface area contributed by atoms with Crippen LogP contribution in [-0.4, -0.2) is 16.4 Å². The zero-order valence-corrected chi connectivity index (χ0v) is 6.15. The van der Waals surface area contributed by atoms with E-state index in [0.29, 0.717) is 6.42 Å². The molecule has 2 nitrogen and oxygen atoms in total. The molecule has 1 rings (SSSR count). The van der Waals surface area contributed by atoms with E-state index in [9.17, 15) is 4.79 Å². The summed E-state index contributed by atoms with van der Waals surface area (Å²) in [5.41, 5.74) is 0. The van der Waals surface area contributed by atoms with E-state index in [4.69, 9.17) is 0 Å². The molecule has 8 heavy (non-hydrogen) atoms. The minimum Gasteiger partial charge on any atom is -0.279 e. The smallest absolute Gasteiger partial charge is 0.232 e. The highest BCUT2D eigenvalue weighted by molar-refractivity contribution is 9.07. The van der Waals surface area contributed by atoms with Crippen molar-refractivity contribution < 1.29 is 4.79 Å². The van der Waals surface area contributed by atoms with E-state index in [0.717, 1.165) is 19.4 Å².